The van der Waals surface area contributed by atoms with Gasteiger partial charge in [0.05, 0.1) is 12.6 Å². The molecular weight excluding hydrogens is 659 g/mol. The lowest BCUT2D eigenvalue weighted by Gasteiger charge is -2.31. The van der Waals surface area contributed by atoms with Crippen LogP contribution in [0.25, 0.3) is 0 Å². The van der Waals surface area contributed by atoms with Crippen LogP contribution in [-0.2, 0) is 32.8 Å². The molecule has 11 heteroatoms. The van der Waals surface area contributed by atoms with Gasteiger partial charge in [0.2, 0.25) is 0 Å². The lowest BCUT2D eigenvalue weighted by atomic mass is 10.1. The van der Waals surface area contributed by atoms with Crippen molar-refractivity contribution in [2.45, 2.75) is 45.8 Å². The van der Waals surface area contributed by atoms with E-state index in [1.807, 2.05) is 107 Å². The van der Waals surface area contributed by atoms with Gasteiger partial charge in [0.25, 0.3) is 11.8 Å². The van der Waals surface area contributed by atoms with Gasteiger partial charge >= 0.3 is 0 Å². The number of rotatable bonds is 10. The molecule has 264 valence electrons. The van der Waals surface area contributed by atoms with Gasteiger partial charge in [-0.05, 0) is 55.0 Å². The molecule has 0 fully saturated rings. The Labute approximate surface area is 301 Å². The molecule has 2 aliphatic rings. The number of hydrogen-bond donors (Lipinski definition) is 0. The monoisotopic (exact) mass is 698 g/mol. The summed E-state index contributed by atoms with van der Waals surface area (Å²) < 4.78 is 28.8. The van der Waals surface area contributed by atoms with Gasteiger partial charge in [-0.15, -0.1) is 0 Å². The molecule has 52 heavy (non-hydrogen) atoms. The van der Waals surface area contributed by atoms with Crippen molar-refractivity contribution < 1.29 is 23.5 Å². The van der Waals surface area contributed by atoms with Crippen LogP contribution >= 0.6 is 0 Å². The summed E-state index contributed by atoms with van der Waals surface area (Å²) in [6, 6.07) is 39.4. The van der Waals surface area contributed by atoms with Crippen molar-refractivity contribution in [2.75, 3.05) is 13.1 Å². The summed E-state index contributed by atoms with van der Waals surface area (Å²) in [6.45, 7) is 5.34. The number of carbonyl (C=O) groups excluding carboxylic acids is 2. The number of carbonyl (C=O) groups is 2. The average molecular weight is 699 g/mol. The minimum atomic E-state index is -0.295. The maximum absolute atomic E-state index is 13.9. The lowest BCUT2D eigenvalue weighted by molar-refractivity contribution is 0.0649. The highest BCUT2D eigenvalue weighted by Crippen LogP contribution is 2.24. The zero-order valence-corrected chi connectivity index (χ0v) is 28.8. The lowest BCUT2D eigenvalue weighted by Crippen LogP contribution is -2.41. The van der Waals surface area contributed by atoms with Crippen LogP contribution in [0.3, 0.4) is 0 Å². The van der Waals surface area contributed by atoms with Crippen LogP contribution in [0, 0.1) is 5.82 Å². The molecule has 2 aromatic heterocycles. The van der Waals surface area contributed by atoms with Gasteiger partial charge in [0.15, 0.2) is 0 Å². The molecule has 2 aliphatic heterocycles. The Morgan fingerprint density at radius 1 is 0.654 bits per heavy atom. The van der Waals surface area contributed by atoms with Gasteiger partial charge in [-0.1, -0.05) is 84.9 Å². The van der Waals surface area contributed by atoms with E-state index in [9.17, 15) is 14.0 Å². The Morgan fingerprint density at radius 3 is 1.87 bits per heavy atom. The zero-order chi connectivity index (χ0) is 35.9. The molecule has 0 bridgehead atoms. The van der Waals surface area contributed by atoms with E-state index >= 15 is 0 Å². The fraction of sp³-hybridized carbons (Fsp3) is 0.220. The van der Waals surface area contributed by atoms with Crippen LogP contribution in [0.5, 0.6) is 11.5 Å². The molecule has 0 N–H and O–H groups in total. The highest BCUT2D eigenvalue weighted by molar-refractivity contribution is 5.94. The van der Waals surface area contributed by atoms with Crippen molar-refractivity contribution >= 4 is 11.8 Å². The largest absolute Gasteiger partial charge is 0.487 e. The standard InChI is InChI=1S/C21H21N3O2.C20H18FN3O2/c1-16-13-23(14-17-8-4-2-5-9-17)21(25)20-12-18(22-24(16)20)15-26-19-10-6-3-7-11-19;21-18-9-5-4-6-15(18)13-23-10-11-24-19(20(23)25)12-16(22-24)14-26-17-7-2-1-3-8-17/h2-12,16H,13-15H2,1H3;1-9,12H,10-11,13-14H2. The summed E-state index contributed by atoms with van der Waals surface area (Å²) in [6.07, 6.45) is 0. The Morgan fingerprint density at radius 2 is 1.21 bits per heavy atom. The minimum absolute atomic E-state index is 0.0189. The van der Waals surface area contributed by atoms with E-state index in [0.29, 0.717) is 62.0 Å². The molecular formula is C41H39FN6O4. The van der Waals surface area contributed by atoms with Crippen molar-refractivity contribution in [1.82, 2.24) is 29.4 Å². The highest BCUT2D eigenvalue weighted by atomic mass is 19.1. The first-order valence-corrected chi connectivity index (χ1v) is 17.3. The van der Waals surface area contributed by atoms with Crippen LogP contribution in [0.2, 0.25) is 0 Å². The number of halogens is 1. The molecule has 10 nitrogen and oxygen atoms in total. The van der Waals surface area contributed by atoms with Crippen LogP contribution in [0.4, 0.5) is 4.39 Å². The van der Waals surface area contributed by atoms with Crippen LogP contribution in [0.1, 0.15) is 56.5 Å². The number of fused-ring (bicyclic) bond motifs is 2. The molecule has 1 unspecified atom stereocenters. The maximum Gasteiger partial charge on any atom is 0.272 e. The fourth-order valence-corrected chi connectivity index (χ4v) is 6.29. The third kappa shape index (κ3) is 8.04. The first-order valence-electron chi connectivity index (χ1n) is 17.3. The summed E-state index contributed by atoms with van der Waals surface area (Å²) in [4.78, 5) is 29.1. The second-order valence-electron chi connectivity index (χ2n) is 12.8. The Kier molecular flexibility index (Phi) is 10.4. The van der Waals surface area contributed by atoms with Gasteiger partial charge in [0, 0.05) is 31.7 Å². The number of benzene rings is 4. The third-order valence-electron chi connectivity index (χ3n) is 8.91. The normalized spacial score (nSPS) is 15.0. The van der Waals surface area contributed by atoms with E-state index in [1.165, 1.54) is 6.07 Å². The average Bonchev–Trinajstić information content (AvgIpc) is 3.81. The predicted octanol–water partition coefficient (Wildman–Crippen LogP) is 6.94. The smallest absolute Gasteiger partial charge is 0.272 e. The van der Waals surface area contributed by atoms with E-state index in [4.69, 9.17) is 9.47 Å². The molecule has 2 amide bonds. The van der Waals surface area contributed by atoms with E-state index in [0.717, 1.165) is 22.8 Å². The molecule has 8 rings (SSSR count). The molecule has 4 heterocycles. The highest BCUT2D eigenvalue weighted by Gasteiger charge is 2.31. The molecule has 4 aromatic carbocycles. The predicted molar refractivity (Wildman–Crippen MR) is 193 cm³/mol. The number of aromatic nitrogens is 4. The fourth-order valence-electron chi connectivity index (χ4n) is 6.29. The summed E-state index contributed by atoms with van der Waals surface area (Å²) in [5.41, 5.74) is 4.26. The number of hydrogen-bond acceptors (Lipinski definition) is 6. The van der Waals surface area contributed by atoms with Gasteiger partial charge in [-0.3, -0.25) is 19.0 Å². The zero-order valence-electron chi connectivity index (χ0n) is 28.8. The van der Waals surface area contributed by atoms with Gasteiger partial charge in [0.1, 0.15) is 53.3 Å². The summed E-state index contributed by atoms with van der Waals surface area (Å²) >= 11 is 0. The minimum Gasteiger partial charge on any atom is -0.487 e. The number of para-hydroxylation sites is 2. The molecule has 1 atom stereocenters. The maximum atomic E-state index is 13.9. The Bertz CT molecular complexity index is 2120. The van der Waals surface area contributed by atoms with E-state index in [2.05, 4.69) is 17.1 Å². The van der Waals surface area contributed by atoms with Crippen LogP contribution < -0.4 is 9.47 Å². The van der Waals surface area contributed by atoms with Crippen molar-refractivity contribution in [1.29, 1.82) is 0 Å². The second-order valence-corrected chi connectivity index (χ2v) is 12.8. The van der Waals surface area contributed by atoms with Crippen molar-refractivity contribution in [3.8, 4) is 11.5 Å². The van der Waals surface area contributed by atoms with Crippen molar-refractivity contribution in [2.24, 2.45) is 0 Å². The Balaban J connectivity index is 0.000000162. The molecule has 0 spiro atoms. The third-order valence-corrected chi connectivity index (χ3v) is 8.91. The van der Waals surface area contributed by atoms with E-state index in [1.54, 1.807) is 33.8 Å². The van der Waals surface area contributed by atoms with Crippen LogP contribution in [-0.4, -0.2) is 54.3 Å². The topological polar surface area (TPSA) is 94.7 Å². The van der Waals surface area contributed by atoms with Gasteiger partial charge in [-0.2, -0.15) is 10.2 Å². The molecule has 0 saturated carbocycles. The van der Waals surface area contributed by atoms with E-state index in [-0.39, 0.29) is 30.2 Å². The van der Waals surface area contributed by atoms with Crippen molar-refractivity contribution in [3.63, 3.8) is 0 Å². The summed E-state index contributed by atoms with van der Waals surface area (Å²) in [5, 5.41) is 9.03. The molecule has 0 saturated heterocycles. The molecule has 0 radical (unpaired) electrons. The SMILES string of the molecule is CC1CN(Cc2ccccc2)C(=O)c2cc(COc3ccccc3)nn21.O=C1c2cc(COc3ccccc3)nn2CCN1Cc1ccccc1F. The van der Waals surface area contributed by atoms with Crippen LogP contribution in [0.15, 0.2) is 127 Å². The van der Waals surface area contributed by atoms with Gasteiger partial charge < -0.3 is 19.3 Å². The number of amides is 2. The van der Waals surface area contributed by atoms with Gasteiger partial charge in [-0.25, -0.2) is 4.39 Å². The Hall–Kier alpha value is -6.23. The first-order chi connectivity index (χ1) is 25.4. The first kappa shape index (κ1) is 34.2. The summed E-state index contributed by atoms with van der Waals surface area (Å²) in [7, 11) is 0. The number of nitrogens with zero attached hydrogens (tertiary/aromatic N) is 6. The van der Waals surface area contributed by atoms with Crippen molar-refractivity contribution in [3.05, 3.63) is 167 Å². The number of ether oxygens (including phenoxy) is 2. The van der Waals surface area contributed by atoms with E-state index < -0.39 is 0 Å². The summed E-state index contributed by atoms with van der Waals surface area (Å²) in [5.74, 6) is 1.13. The molecule has 0 aliphatic carbocycles. The second kappa shape index (κ2) is 15.8. The quantitative estimate of drug-likeness (QED) is 0.154. The molecule has 6 aromatic rings.